The first kappa shape index (κ1) is 14.5. The van der Waals surface area contributed by atoms with Gasteiger partial charge in [0.05, 0.1) is 5.02 Å². The SMILES string of the molecule is CCc1ccc(C(Cc2ccc(Cl)c(F)c2)NC)s1. The zero-order valence-corrected chi connectivity index (χ0v) is 12.6. The molecule has 1 unspecified atom stereocenters. The Labute approximate surface area is 122 Å². The van der Waals surface area contributed by atoms with Gasteiger partial charge in [-0.2, -0.15) is 0 Å². The Morgan fingerprint density at radius 3 is 2.68 bits per heavy atom. The van der Waals surface area contributed by atoms with Crippen molar-refractivity contribution < 1.29 is 4.39 Å². The lowest BCUT2D eigenvalue weighted by Gasteiger charge is -2.14. The van der Waals surface area contributed by atoms with Gasteiger partial charge in [0.25, 0.3) is 0 Å². The fourth-order valence-corrected chi connectivity index (χ4v) is 3.20. The molecule has 0 radical (unpaired) electrons. The van der Waals surface area contributed by atoms with Crippen molar-refractivity contribution in [3.8, 4) is 0 Å². The molecule has 0 amide bonds. The fraction of sp³-hybridized carbons (Fsp3) is 0.333. The Hall–Kier alpha value is -0.900. The van der Waals surface area contributed by atoms with E-state index in [9.17, 15) is 4.39 Å². The summed E-state index contributed by atoms with van der Waals surface area (Å²) in [5.41, 5.74) is 0.952. The molecule has 0 spiro atoms. The van der Waals surface area contributed by atoms with Crippen LogP contribution < -0.4 is 5.32 Å². The zero-order valence-electron chi connectivity index (χ0n) is 11.0. The third-order valence-electron chi connectivity index (χ3n) is 3.15. The lowest BCUT2D eigenvalue weighted by atomic mass is 10.0. The van der Waals surface area contributed by atoms with Gasteiger partial charge in [0.1, 0.15) is 5.82 Å². The highest BCUT2D eigenvalue weighted by Gasteiger charge is 2.13. The Morgan fingerprint density at radius 1 is 1.32 bits per heavy atom. The smallest absolute Gasteiger partial charge is 0.142 e. The monoisotopic (exact) mass is 297 g/mol. The quantitative estimate of drug-likeness (QED) is 0.850. The number of rotatable bonds is 5. The van der Waals surface area contributed by atoms with Crippen LogP contribution in [0.4, 0.5) is 4.39 Å². The number of nitrogens with one attached hydrogen (secondary N) is 1. The number of halogens is 2. The molecule has 102 valence electrons. The number of benzene rings is 1. The molecule has 0 saturated heterocycles. The zero-order chi connectivity index (χ0) is 13.8. The molecule has 1 aromatic carbocycles. The van der Waals surface area contributed by atoms with Gasteiger partial charge in [-0.3, -0.25) is 0 Å². The van der Waals surface area contributed by atoms with Crippen molar-refractivity contribution in [2.45, 2.75) is 25.8 Å². The Morgan fingerprint density at radius 2 is 2.11 bits per heavy atom. The van der Waals surface area contributed by atoms with Crippen LogP contribution in [0.3, 0.4) is 0 Å². The molecular formula is C15H17ClFNS. The number of likely N-dealkylation sites (N-methyl/N-ethyl adjacent to an activating group) is 1. The lowest BCUT2D eigenvalue weighted by molar-refractivity contribution is 0.592. The third kappa shape index (κ3) is 3.56. The molecule has 1 aromatic heterocycles. The molecule has 2 aromatic rings. The molecule has 0 aliphatic rings. The van der Waals surface area contributed by atoms with Crippen molar-refractivity contribution in [1.82, 2.24) is 5.32 Å². The van der Waals surface area contributed by atoms with E-state index in [2.05, 4.69) is 24.4 Å². The number of hydrogen-bond acceptors (Lipinski definition) is 2. The molecule has 19 heavy (non-hydrogen) atoms. The normalized spacial score (nSPS) is 12.6. The first-order chi connectivity index (χ1) is 9.13. The van der Waals surface area contributed by atoms with Gasteiger partial charge in [0.15, 0.2) is 0 Å². The van der Waals surface area contributed by atoms with Crippen molar-refractivity contribution in [3.63, 3.8) is 0 Å². The number of thiophene rings is 1. The lowest BCUT2D eigenvalue weighted by Crippen LogP contribution is -2.17. The second kappa shape index (κ2) is 6.51. The molecule has 1 N–H and O–H groups in total. The molecular weight excluding hydrogens is 281 g/mol. The van der Waals surface area contributed by atoms with Crippen molar-refractivity contribution >= 4 is 22.9 Å². The highest BCUT2D eigenvalue weighted by Crippen LogP contribution is 2.27. The molecule has 1 heterocycles. The van der Waals surface area contributed by atoms with Crippen LogP contribution in [0.5, 0.6) is 0 Å². The van der Waals surface area contributed by atoms with Crippen molar-refractivity contribution in [1.29, 1.82) is 0 Å². The molecule has 4 heteroatoms. The molecule has 0 aliphatic carbocycles. The Balaban J connectivity index is 2.16. The van der Waals surface area contributed by atoms with E-state index in [1.165, 1.54) is 15.8 Å². The summed E-state index contributed by atoms with van der Waals surface area (Å²) >= 11 is 7.51. The van der Waals surface area contributed by atoms with Crippen LogP contribution in [-0.2, 0) is 12.8 Å². The van der Waals surface area contributed by atoms with Crippen LogP contribution in [0, 0.1) is 5.82 Å². The van der Waals surface area contributed by atoms with E-state index >= 15 is 0 Å². The standard InChI is InChI=1S/C15H17ClFNS/c1-3-11-5-7-15(19-11)14(18-2)9-10-4-6-12(16)13(17)8-10/h4-8,14,18H,3,9H2,1-2H3. The predicted molar refractivity (Wildman–Crippen MR) is 80.6 cm³/mol. The largest absolute Gasteiger partial charge is 0.312 e. The van der Waals surface area contributed by atoms with Crippen molar-refractivity contribution in [3.05, 3.63) is 56.5 Å². The van der Waals surface area contributed by atoms with E-state index in [4.69, 9.17) is 11.6 Å². The average molecular weight is 298 g/mol. The highest BCUT2D eigenvalue weighted by atomic mass is 35.5. The van der Waals surface area contributed by atoms with E-state index in [0.29, 0.717) is 0 Å². The van der Waals surface area contributed by atoms with Crippen LogP contribution in [0.15, 0.2) is 30.3 Å². The second-order valence-corrected chi connectivity index (χ2v) is 6.06. The molecule has 0 fully saturated rings. The molecule has 0 aliphatic heterocycles. The van der Waals surface area contributed by atoms with Crippen LogP contribution >= 0.6 is 22.9 Å². The minimum Gasteiger partial charge on any atom is -0.312 e. The summed E-state index contributed by atoms with van der Waals surface area (Å²) in [6.07, 6.45) is 1.81. The molecule has 2 rings (SSSR count). The summed E-state index contributed by atoms with van der Waals surface area (Å²) in [5.74, 6) is -0.352. The summed E-state index contributed by atoms with van der Waals surface area (Å²) in [4.78, 5) is 2.66. The van der Waals surface area contributed by atoms with Gasteiger partial charge >= 0.3 is 0 Å². The summed E-state index contributed by atoms with van der Waals surface area (Å²) < 4.78 is 13.4. The second-order valence-electron chi connectivity index (χ2n) is 4.45. The van der Waals surface area contributed by atoms with E-state index in [1.54, 1.807) is 6.07 Å². The van der Waals surface area contributed by atoms with Crippen LogP contribution in [0.1, 0.15) is 28.3 Å². The average Bonchev–Trinajstić information content (AvgIpc) is 2.88. The van der Waals surface area contributed by atoms with E-state index in [0.717, 1.165) is 18.4 Å². The first-order valence-electron chi connectivity index (χ1n) is 6.33. The highest BCUT2D eigenvalue weighted by molar-refractivity contribution is 7.12. The van der Waals surface area contributed by atoms with Gasteiger partial charge in [0, 0.05) is 15.8 Å². The minimum atomic E-state index is -0.352. The van der Waals surface area contributed by atoms with Gasteiger partial charge in [-0.05, 0) is 49.7 Å². The van der Waals surface area contributed by atoms with Crippen molar-refractivity contribution in [2.75, 3.05) is 7.05 Å². The molecule has 0 saturated carbocycles. The topological polar surface area (TPSA) is 12.0 Å². The minimum absolute atomic E-state index is 0.175. The predicted octanol–water partition coefficient (Wildman–Crippen LogP) is 4.61. The van der Waals surface area contributed by atoms with Gasteiger partial charge in [-0.25, -0.2) is 4.39 Å². The summed E-state index contributed by atoms with van der Waals surface area (Å²) in [7, 11) is 1.93. The Kier molecular flexibility index (Phi) is 4.97. The van der Waals surface area contributed by atoms with Crippen LogP contribution in [0.25, 0.3) is 0 Å². The maximum Gasteiger partial charge on any atom is 0.142 e. The molecule has 1 atom stereocenters. The third-order valence-corrected chi connectivity index (χ3v) is 4.80. The number of aryl methyl sites for hydroxylation is 1. The van der Waals surface area contributed by atoms with Gasteiger partial charge in [-0.1, -0.05) is 24.6 Å². The summed E-state index contributed by atoms with van der Waals surface area (Å²) in [6, 6.07) is 9.53. The fourth-order valence-electron chi connectivity index (χ4n) is 2.02. The van der Waals surface area contributed by atoms with Crippen LogP contribution in [-0.4, -0.2) is 7.05 Å². The van der Waals surface area contributed by atoms with Gasteiger partial charge in [-0.15, -0.1) is 11.3 Å². The van der Waals surface area contributed by atoms with Gasteiger partial charge in [0.2, 0.25) is 0 Å². The van der Waals surface area contributed by atoms with E-state index in [-0.39, 0.29) is 16.9 Å². The van der Waals surface area contributed by atoms with Crippen molar-refractivity contribution in [2.24, 2.45) is 0 Å². The molecule has 0 bridgehead atoms. The first-order valence-corrected chi connectivity index (χ1v) is 7.53. The molecule has 1 nitrogen and oxygen atoms in total. The summed E-state index contributed by atoms with van der Waals surface area (Å²) in [5, 5.41) is 3.47. The summed E-state index contributed by atoms with van der Waals surface area (Å²) in [6.45, 7) is 2.15. The van der Waals surface area contributed by atoms with E-state index < -0.39 is 0 Å². The number of hydrogen-bond donors (Lipinski definition) is 1. The maximum atomic E-state index is 13.4. The Bertz CT molecular complexity index is 553. The van der Waals surface area contributed by atoms with Crippen LogP contribution in [0.2, 0.25) is 5.02 Å². The van der Waals surface area contributed by atoms with E-state index in [1.807, 2.05) is 24.5 Å². The van der Waals surface area contributed by atoms with Gasteiger partial charge < -0.3 is 5.32 Å². The maximum absolute atomic E-state index is 13.4.